The molecule has 9 heteroatoms. The molecule has 0 unspecified atom stereocenters. The number of nitrogens with zero attached hydrogens (tertiary/aromatic N) is 5. The number of aromatic nitrogens is 3. The summed E-state index contributed by atoms with van der Waals surface area (Å²) in [7, 11) is 0. The number of benzene rings is 1. The quantitative estimate of drug-likeness (QED) is 0.712. The number of amides is 2. The lowest BCUT2D eigenvalue weighted by Gasteiger charge is -2.34. The van der Waals surface area contributed by atoms with Gasteiger partial charge in [-0.05, 0) is 30.3 Å². The molecule has 3 aromatic rings. The highest BCUT2D eigenvalue weighted by Crippen LogP contribution is 2.19. The average molecular weight is 396 g/mol. The third kappa shape index (κ3) is 4.68. The smallest absolute Gasteiger partial charge is 0.317 e. The third-order valence-corrected chi connectivity index (χ3v) is 4.70. The van der Waals surface area contributed by atoms with Crippen LogP contribution < -0.4 is 10.2 Å². The van der Waals surface area contributed by atoms with Crippen molar-refractivity contribution in [3.05, 3.63) is 60.5 Å². The van der Waals surface area contributed by atoms with E-state index in [1.165, 1.54) is 12.1 Å². The van der Waals surface area contributed by atoms with Crippen molar-refractivity contribution in [2.24, 2.45) is 0 Å². The number of carbonyl (C=O) groups is 1. The first-order valence-corrected chi connectivity index (χ1v) is 9.44. The van der Waals surface area contributed by atoms with Crippen LogP contribution in [-0.2, 0) is 6.42 Å². The maximum atomic E-state index is 13.0. The lowest BCUT2D eigenvalue weighted by atomic mass is 10.2. The number of nitrogens with one attached hydrogen (secondary N) is 1. The summed E-state index contributed by atoms with van der Waals surface area (Å²) in [5, 5.41) is 2.92. The van der Waals surface area contributed by atoms with Crippen LogP contribution in [-0.4, -0.2) is 58.6 Å². The molecular formula is C20H21FN6O2. The molecule has 1 saturated heterocycles. The summed E-state index contributed by atoms with van der Waals surface area (Å²) >= 11 is 0. The van der Waals surface area contributed by atoms with E-state index in [-0.39, 0.29) is 11.8 Å². The van der Waals surface area contributed by atoms with Crippen molar-refractivity contribution in [1.82, 2.24) is 25.2 Å². The molecule has 0 spiro atoms. The van der Waals surface area contributed by atoms with Gasteiger partial charge in [-0.1, -0.05) is 0 Å². The fraction of sp³-hybridized carbons (Fsp3) is 0.300. The van der Waals surface area contributed by atoms with Crippen LogP contribution >= 0.6 is 0 Å². The van der Waals surface area contributed by atoms with Gasteiger partial charge in [0.25, 0.3) is 0 Å². The third-order valence-electron chi connectivity index (χ3n) is 4.70. The van der Waals surface area contributed by atoms with Gasteiger partial charge in [0.2, 0.25) is 11.8 Å². The normalized spacial score (nSPS) is 14.1. The van der Waals surface area contributed by atoms with Crippen LogP contribution in [0.4, 0.5) is 15.1 Å². The fourth-order valence-corrected chi connectivity index (χ4v) is 3.12. The number of anilines is 1. The Balaban J connectivity index is 1.22. The number of rotatable bonds is 5. The molecule has 29 heavy (non-hydrogen) atoms. The van der Waals surface area contributed by atoms with Gasteiger partial charge < -0.3 is 19.5 Å². The van der Waals surface area contributed by atoms with Crippen LogP contribution in [0.1, 0.15) is 5.69 Å². The Morgan fingerprint density at radius 3 is 2.55 bits per heavy atom. The Bertz CT molecular complexity index is 939. The van der Waals surface area contributed by atoms with Gasteiger partial charge in [0.15, 0.2) is 0 Å². The van der Waals surface area contributed by atoms with Crippen LogP contribution in [0.3, 0.4) is 0 Å². The van der Waals surface area contributed by atoms with Gasteiger partial charge in [-0.15, -0.1) is 0 Å². The van der Waals surface area contributed by atoms with Crippen LogP contribution in [0.25, 0.3) is 11.5 Å². The Hall–Kier alpha value is -3.49. The van der Waals surface area contributed by atoms with Gasteiger partial charge in [-0.3, -0.25) is 0 Å². The lowest BCUT2D eigenvalue weighted by Crippen LogP contribution is -2.52. The van der Waals surface area contributed by atoms with Crippen molar-refractivity contribution in [2.75, 3.05) is 37.6 Å². The molecule has 1 aliphatic rings. The zero-order valence-electron chi connectivity index (χ0n) is 15.8. The molecule has 1 aromatic carbocycles. The maximum absolute atomic E-state index is 13.0. The van der Waals surface area contributed by atoms with E-state index in [4.69, 9.17) is 4.42 Å². The minimum atomic E-state index is -0.305. The lowest BCUT2D eigenvalue weighted by molar-refractivity contribution is 0.194. The molecule has 0 bridgehead atoms. The molecule has 1 aliphatic heterocycles. The number of hydrogen-bond acceptors (Lipinski definition) is 6. The Labute approximate surface area is 167 Å². The highest BCUT2D eigenvalue weighted by Gasteiger charge is 2.22. The van der Waals surface area contributed by atoms with E-state index >= 15 is 0 Å². The van der Waals surface area contributed by atoms with E-state index in [9.17, 15) is 9.18 Å². The van der Waals surface area contributed by atoms with E-state index in [2.05, 4.69) is 25.2 Å². The molecule has 3 heterocycles. The van der Waals surface area contributed by atoms with Gasteiger partial charge >= 0.3 is 6.03 Å². The Morgan fingerprint density at radius 2 is 1.83 bits per heavy atom. The Kier molecular flexibility index (Phi) is 5.64. The first-order chi connectivity index (χ1) is 14.2. The fourth-order valence-electron chi connectivity index (χ4n) is 3.12. The predicted octanol–water partition coefficient (Wildman–Crippen LogP) is 2.34. The zero-order chi connectivity index (χ0) is 20.1. The van der Waals surface area contributed by atoms with E-state index < -0.39 is 0 Å². The molecule has 0 saturated carbocycles. The second-order valence-electron chi connectivity index (χ2n) is 6.66. The number of hydrogen-bond donors (Lipinski definition) is 1. The van der Waals surface area contributed by atoms with Crippen molar-refractivity contribution >= 4 is 12.0 Å². The highest BCUT2D eigenvalue weighted by molar-refractivity contribution is 5.74. The monoisotopic (exact) mass is 396 g/mol. The van der Waals surface area contributed by atoms with Gasteiger partial charge in [0.1, 0.15) is 12.1 Å². The van der Waals surface area contributed by atoms with Crippen LogP contribution in [0, 0.1) is 5.82 Å². The Morgan fingerprint density at radius 1 is 1.10 bits per heavy atom. The summed E-state index contributed by atoms with van der Waals surface area (Å²) in [5.41, 5.74) is 1.44. The van der Waals surface area contributed by atoms with Gasteiger partial charge in [0.05, 0.1) is 5.69 Å². The molecule has 0 aliphatic carbocycles. The van der Waals surface area contributed by atoms with Gasteiger partial charge in [-0.2, -0.15) is 0 Å². The van der Waals surface area contributed by atoms with Crippen LogP contribution in [0.2, 0.25) is 0 Å². The molecule has 8 nitrogen and oxygen atoms in total. The molecule has 0 atom stereocenters. The van der Waals surface area contributed by atoms with E-state index in [0.717, 1.165) is 5.69 Å². The van der Waals surface area contributed by atoms with Crippen molar-refractivity contribution in [3.8, 4) is 11.5 Å². The number of halogens is 1. The summed E-state index contributed by atoms with van der Waals surface area (Å²) in [6, 6.07) is 7.65. The summed E-state index contributed by atoms with van der Waals surface area (Å²) < 4.78 is 18.5. The van der Waals surface area contributed by atoms with Crippen molar-refractivity contribution in [1.29, 1.82) is 0 Å². The minimum absolute atomic E-state index is 0.0964. The van der Waals surface area contributed by atoms with E-state index in [0.29, 0.717) is 56.5 Å². The van der Waals surface area contributed by atoms with E-state index in [1.54, 1.807) is 41.8 Å². The molecule has 1 fully saturated rings. The number of piperazine rings is 1. The molecule has 1 N–H and O–H groups in total. The molecular weight excluding hydrogens is 375 g/mol. The molecule has 4 rings (SSSR count). The summed E-state index contributed by atoms with van der Waals surface area (Å²) in [4.78, 5) is 29.1. The SMILES string of the molecule is O=C(NCCc1coc(-c2ccc(F)cc2)n1)N1CCN(c2ncccn2)CC1. The molecule has 0 radical (unpaired) electrons. The molecule has 2 amide bonds. The first-order valence-electron chi connectivity index (χ1n) is 9.44. The highest BCUT2D eigenvalue weighted by atomic mass is 19.1. The number of urea groups is 1. The second-order valence-corrected chi connectivity index (χ2v) is 6.66. The second kappa shape index (κ2) is 8.68. The van der Waals surface area contributed by atoms with Crippen molar-refractivity contribution < 1.29 is 13.6 Å². The maximum Gasteiger partial charge on any atom is 0.317 e. The van der Waals surface area contributed by atoms with Crippen molar-refractivity contribution in [3.63, 3.8) is 0 Å². The van der Waals surface area contributed by atoms with Crippen LogP contribution in [0.5, 0.6) is 0 Å². The van der Waals surface area contributed by atoms with Crippen LogP contribution in [0.15, 0.2) is 53.4 Å². The number of carbonyl (C=O) groups excluding carboxylic acids is 1. The summed E-state index contributed by atoms with van der Waals surface area (Å²) in [6.45, 7) is 3.07. The van der Waals surface area contributed by atoms with Crippen molar-refractivity contribution in [2.45, 2.75) is 6.42 Å². The standard InChI is InChI=1S/C20H21FN6O2/c21-16-4-2-15(3-5-16)18-25-17(14-29-18)6-9-24-20(28)27-12-10-26(11-13-27)19-22-7-1-8-23-19/h1-5,7-8,14H,6,9-13H2,(H,24,28). The molecule has 2 aromatic heterocycles. The average Bonchev–Trinajstić information content (AvgIpc) is 3.24. The summed E-state index contributed by atoms with van der Waals surface area (Å²) in [6.07, 6.45) is 5.54. The van der Waals surface area contributed by atoms with Gasteiger partial charge in [0, 0.05) is 57.1 Å². The number of oxazole rings is 1. The first kappa shape index (κ1) is 18.9. The largest absolute Gasteiger partial charge is 0.444 e. The summed E-state index contributed by atoms with van der Waals surface area (Å²) in [5.74, 6) is 0.821. The van der Waals surface area contributed by atoms with Gasteiger partial charge in [-0.25, -0.2) is 24.1 Å². The molecule has 150 valence electrons. The topological polar surface area (TPSA) is 87.4 Å². The predicted molar refractivity (Wildman–Crippen MR) is 105 cm³/mol. The minimum Gasteiger partial charge on any atom is -0.444 e. The zero-order valence-corrected chi connectivity index (χ0v) is 15.8. The van der Waals surface area contributed by atoms with E-state index in [1.807, 2.05) is 0 Å².